The lowest BCUT2D eigenvalue weighted by molar-refractivity contribution is -0.0268. The van der Waals surface area contributed by atoms with Crippen LogP contribution in [0.3, 0.4) is 0 Å². The summed E-state index contributed by atoms with van der Waals surface area (Å²) in [5, 5.41) is 0. The minimum atomic E-state index is -4.57. The quantitative estimate of drug-likeness (QED) is 0.159. The Morgan fingerprint density at radius 1 is 0.886 bits per heavy atom. The second-order valence-electron chi connectivity index (χ2n) is 8.30. The molecule has 11 heteroatoms. The number of hydrogen-bond donors (Lipinski definition) is 2. The molecule has 3 N–H and O–H groups in total. The van der Waals surface area contributed by atoms with Crippen molar-refractivity contribution in [1.82, 2.24) is 0 Å². The van der Waals surface area contributed by atoms with Crippen LogP contribution in [0, 0.1) is 36.0 Å². The molecule has 0 saturated carbocycles. The van der Waals surface area contributed by atoms with Gasteiger partial charge in [0.1, 0.15) is 5.60 Å². The first-order valence-electron chi connectivity index (χ1n) is 10.4. The molecule has 0 aromatic heterocycles. The summed E-state index contributed by atoms with van der Waals surface area (Å²) in [6.07, 6.45) is -0.307. The smallest absolute Gasteiger partial charge is 0.374 e. The largest absolute Gasteiger partial charge is 0.400 e. The van der Waals surface area contributed by atoms with Crippen molar-refractivity contribution in [2.75, 3.05) is 6.61 Å². The number of aryl methyl sites for hydroxylation is 1. The molecule has 0 fully saturated rings. The summed E-state index contributed by atoms with van der Waals surface area (Å²) in [6, 6.07) is 12.7. The first-order chi connectivity index (χ1) is 16.3. The van der Waals surface area contributed by atoms with Gasteiger partial charge in [0.25, 0.3) is 0 Å². The van der Waals surface area contributed by atoms with Gasteiger partial charge < -0.3 is 9.63 Å². The molecular formula is C24H23F5NO4P. The molecule has 0 bridgehead atoms. The lowest BCUT2D eigenvalue weighted by Gasteiger charge is -2.31. The van der Waals surface area contributed by atoms with E-state index in [9.17, 15) is 31.4 Å². The van der Waals surface area contributed by atoms with E-state index in [0.29, 0.717) is 0 Å². The van der Waals surface area contributed by atoms with Crippen LogP contribution in [0.4, 0.5) is 22.0 Å². The molecule has 2 atom stereocenters. The molecule has 0 amide bonds. The molecule has 0 saturated heterocycles. The second kappa shape index (κ2) is 10.6. The van der Waals surface area contributed by atoms with Crippen LogP contribution < -0.4 is 5.50 Å². The molecule has 0 spiro atoms. The van der Waals surface area contributed by atoms with E-state index >= 15 is 0 Å². The number of ether oxygens (including phenoxy) is 1. The van der Waals surface area contributed by atoms with Gasteiger partial charge in [0.05, 0.1) is 18.8 Å². The average molecular weight is 515 g/mol. The van der Waals surface area contributed by atoms with E-state index < -0.39 is 48.0 Å². The van der Waals surface area contributed by atoms with Gasteiger partial charge in [-0.2, -0.15) is 0 Å². The normalized spacial score (nSPS) is 15.0. The third-order valence-corrected chi connectivity index (χ3v) is 6.04. The van der Waals surface area contributed by atoms with E-state index in [0.717, 1.165) is 11.1 Å². The van der Waals surface area contributed by atoms with E-state index in [1.165, 1.54) is 31.2 Å². The van der Waals surface area contributed by atoms with Crippen LogP contribution in [0.15, 0.2) is 48.5 Å². The van der Waals surface area contributed by atoms with Gasteiger partial charge in [0.15, 0.2) is 23.3 Å². The maximum absolute atomic E-state index is 14.5. The number of halogens is 5. The summed E-state index contributed by atoms with van der Waals surface area (Å²) in [5.74, 6) is -10.5. The van der Waals surface area contributed by atoms with Gasteiger partial charge in [0, 0.05) is 6.42 Å². The van der Waals surface area contributed by atoms with Crippen LogP contribution >= 0.6 is 7.75 Å². The van der Waals surface area contributed by atoms with Crippen LogP contribution in [-0.2, 0) is 26.9 Å². The van der Waals surface area contributed by atoms with Gasteiger partial charge >= 0.3 is 7.75 Å². The number of nitrogens with two attached hydrogens (primary N) is 1. The Kier molecular flexibility index (Phi) is 8.14. The lowest BCUT2D eigenvalue weighted by Crippen LogP contribution is -2.37. The standard InChI is InChI=1S/C24H23F5NO4P/c1-14-7-3-4-9-16(14)12-33-13-24(2,34-35(30,31)32)11-15-8-5-6-10-17(15)18-19(25)21(27)23(29)22(28)20(18)26/h3-10H,11-13H2,1-2H3,(H3,30,31,32). The lowest BCUT2D eigenvalue weighted by atomic mass is 9.90. The Morgan fingerprint density at radius 2 is 1.40 bits per heavy atom. The Balaban J connectivity index is 1.98. The first kappa shape index (κ1) is 27.0. The predicted octanol–water partition coefficient (Wildman–Crippen LogP) is 5.95. The summed E-state index contributed by atoms with van der Waals surface area (Å²) in [5.41, 5.74) is 4.03. The summed E-state index contributed by atoms with van der Waals surface area (Å²) in [4.78, 5) is 9.66. The molecule has 2 unspecified atom stereocenters. The summed E-state index contributed by atoms with van der Waals surface area (Å²) in [6.45, 7) is 3.09. The molecule has 3 rings (SSSR count). The molecule has 0 aliphatic carbocycles. The Hall–Kier alpha value is -2.62. The van der Waals surface area contributed by atoms with Gasteiger partial charge in [-0.05, 0) is 36.1 Å². The SMILES string of the molecule is Cc1ccccc1COCC(C)(Cc1ccccc1-c1c(F)c(F)c(F)c(F)c1F)OP(N)(=O)O. The molecular weight excluding hydrogens is 492 g/mol. The fourth-order valence-electron chi connectivity index (χ4n) is 3.74. The summed E-state index contributed by atoms with van der Waals surface area (Å²) >= 11 is 0. The minimum Gasteiger partial charge on any atom is -0.374 e. The fraction of sp³-hybridized carbons (Fsp3) is 0.250. The Bertz CT molecular complexity index is 1250. The van der Waals surface area contributed by atoms with E-state index in [1.807, 2.05) is 31.2 Å². The summed E-state index contributed by atoms with van der Waals surface area (Å²) < 4.78 is 93.1. The number of benzene rings is 3. The average Bonchev–Trinajstić information content (AvgIpc) is 2.77. The van der Waals surface area contributed by atoms with E-state index in [4.69, 9.17) is 14.8 Å². The molecule has 5 nitrogen and oxygen atoms in total. The first-order valence-corrected chi connectivity index (χ1v) is 12.0. The maximum Gasteiger partial charge on any atom is 0.400 e. The molecule has 3 aromatic rings. The zero-order valence-electron chi connectivity index (χ0n) is 18.8. The number of hydrogen-bond acceptors (Lipinski definition) is 3. The second-order valence-corrected chi connectivity index (χ2v) is 9.61. The minimum absolute atomic E-state index is 0.0751. The Labute approximate surface area is 198 Å². The Morgan fingerprint density at radius 3 is 1.97 bits per heavy atom. The van der Waals surface area contributed by atoms with E-state index in [-0.39, 0.29) is 30.8 Å². The molecule has 35 heavy (non-hydrogen) atoms. The van der Waals surface area contributed by atoms with Gasteiger partial charge in [-0.15, -0.1) is 0 Å². The predicted molar refractivity (Wildman–Crippen MR) is 120 cm³/mol. The molecule has 3 aromatic carbocycles. The molecule has 0 aliphatic heterocycles. The van der Waals surface area contributed by atoms with Crippen LogP contribution in [0.2, 0.25) is 0 Å². The molecule has 0 heterocycles. The van der Waals surface area contributed by atoms with Crippen LogP contribution in [0.5, 0.6) is 0 Å². The zero-order valence-corrected chi connectivity index (χ0v) is 19.7. The van der Waals surface area contributed by atoms with Crippen molar-refractivity contribution in [3.63, 3.8) is 0 Å². The van der Waals surface area contributed by atoms with Gasteiger partial charge in [0.2, 0.25) is 5.82 Å². The van der Waals surface area contributed by atoms with Crippen molar-refractivity contribution >= 4 is 7.75 Å². The topological polar surface area (TPSA) is 81.8 Å². The fourth-order valence-corrected chi connectivity index (χ4v) is 4.49. The van der Waals surface area contributed by atoms with Crippen molar-refractivity contribution in [3.05, 3.63) is 94.3 Å². The van der Waals surface area contributed by atoms with Crippen molar-refractivity contribution in [2.24, 2.45) is 5.50 Å². The summed E-state index contributed by atoms with van der Waals surface area (Å²) in [7, 11) is -4.57. The van der Waals surface area contributed by atoms with Gasteiger partial charge in [-0.25, -0.2) is 32.0 Å². The van der Waals surface area contributed by atoms with Crippen molar-refractivity contribution in [3.8, 4) is 11.1 Å². The van der Waals surface area contributed by atoms with Crippen molar-refractivity contribution < 1.29 is 40.7 Å². The van der Waals surface area contributed by atoms with Crippen LogP contribution in [-0.4, -0.2) is 17.1 Å². The highest BCUT2D eigenvalue weighted by Gasteiger charge is 2.35. The number of rotatable bonds is 9. The van der Waals surface area contributed by atoms with Gasteiger partial charge in [-0.3, -0.25) is 4.52 Å². The maximum atomic E-state index is 14.5. The highest BCUT2D eigenvalue weighted by atomic mass is 31.2. The van der Waals surface area contributed by atoms with Crippen molar-refractivity contribution in [1.29, 1.82) is 0 Å². The third-order valence-electron chi connectivity index (χ3n) is 5.34. The van der Waals surface area contributed by atoms with E-state index in [2.05, 4.69) is 0 Å². The van der Waals surface area contributed by atoms with Crippen LogP contribution in [0.25, 0.3) is 11.1 Å². The molecule has 0 radical (unpaired) electrons. The zero-order chi connectivity index (χ0) is 26.0. The van der Waals surface area contributed by atoms with Crippen LogP contribution in [0.1, 0.15) is 23.6 Å². The highest BCUT2D eigenvalue weighted by molar-refractivity contribution is 7.50. The molecule has 188 valence electrons. The van der Waals surface area contributed by atoms with Crippen molar-refractivity contribution in [2.45, 2.75) is 32.5 Å². The van der Waals surface area contributed by atoms with E-state index in [1.54, 1.807) is 0 Å². The monoisotopic (exact) mass is 515 g/mol. The molecule has 0 aliphatic rings. The third kappa shape index (κ3) is 6.34. The highest BCUT2D eigenvalue weighted by Crippen LogP contribution is 2.41. The van der Waals surface area contributed by atoms with Gasteiger partial charge in [-0.1, -0.05) is 48.5 Å².